The number of fused-ring (bicyclic) bond motifs is 1. The van der Waals surface area contributed by atoms with Gasteiger partial charge in [0.1, 0.15) is 0 Å². The van der Waals surface area contributed by atoms with Crippen molar-refractivity contribution in [1.29, 1.82) is 0 Å². The fraction of sp³-hybridized carbons (Fsp3) is 0.778. The Balaban J connectivity index is 2.08. The molecule has 2 fully saturated rings. The summed E-state index contributed by atoms with van der Waals surface area (Å²) in [7, 11) is 0. The fourth-order valence-corrected chi connectivity index (χ4v) is 3.19. The Kier molecular flexibility index (Phi) is 0.455. The second kappa shape index (κ2) is 0.902. The maximum absolute atomic E-state index is 2.46. The molecule has 2 bridgehead atoms. The molecule has 0 spiro atoms. The quantitative estimate of drug-likeness (QED) is 0.430. The van der Waals surface area contributed by atoms with Crippen molar-refractivity contribution in [2.45, 2.75) is 20.3 Å². The van der Waals surface area contributed by atoms with Crippen molar-refractivity contribution in [3.63, 3.8) is 0 Å². The molecule has 0 saturated heterocycles. The summed E-state index contributed by atoms with van der Waals surface area (Å²) in [6, 6.07) is 0. The minimum absolute atomic E-state index is 0.832. The van der Waals surface area contributed by atoms with Crippen LogP contribution in [0, 0.1) is 23.2 Å². The minimum atomic E-state index is 0.832. The highest BCUT2D eigenvalue weighted by atomic mass is 14.9. The van der Waals surface area contributed by atoms with Gasteiger partial charge in [0.25, 0.3) is 0 Å². The van der Waals surface area contributed by atoms with Gasteiger partial charge in [0.05, 0.1) is 0 Å². The summed E-state index contributed by atoms with van der Waals surface area (Å²) in [6.07, 6.45) is 3.84. The molecule has 0 heteroatoms. The van der Waals surface area contributed by atoms with Gasteiger partial charge in [0.2, 0.25) is 0 Å². The van der Waals surface area contributed by atoms with Crippen LogP contribution in [0.4, 0.5) is 0 Å². The number of allylic oxidation sites excluding steroid dienone is 2. The highest BCUT2D eigenvalue weighted by Crippen LogP contribution is 2.88. The van der Waals surface area contributed by atoms with E-state index in [1.54, 1.807) is 5.57 Å². The first kappa shape index (κ1) is 4.54. The first-order chi connectivity index (χ1) is 4.26. The Bertz CT molecular complexity index is 214. The van der Waals surface area contributed by atoms with Crippen molar-refractivity contribution in [3.05, 3.63) is 11.6 Å². The summed E-state index contributed by atoms with van der Waals surface area (Å²) in [5.41, 5.74) is 2.52. The van der Waals surface area contributed by atoms with Crippen LogP contribution < -0.4 is 0 Å². The van der Waals surface area contributed by atoms with Gasteiger partial charge in [-0.05, 0) is 36.5 Å². The lowest BCUT2D eigenvalue weighted by Crippen LogP contribution is -2.12. The van der Waals surface area contributed by atoms with Crippen LogP contribution in [-0.4, -0.2) is 0 Å². The van der Waals surface area contributed by atoms with Gasteiger partial charge >= 0.3 is 0 Å². The molecule has 4 rings (SSSR count). The molecule has 1 unspecified atom stereocenters. The third-order valence-electron chi connectivity index (χ3n) is 3.95. The van der Waals surface area contributed by atoms with Crippen LogP contribution in [-0.2, 0) is 0 Å². The molecule has 0 amide bonds. The van der Waals surface area contributed by atoms with Gasteiger partial charge < -0.3 is 0 Å². The molecule has 4 atom stereocenters. The van der Waals surface area contributed by atoms with Gasteiger partial charge in [-0.25, -0.2) is 0 Å². The topological polar surface area (TPSA) is 0 Å². The third kappa shape index (κ3) is 0.270. The van der Waals surface area contributed by atoms with Crippen molar-refractivity contribution in [3.8, 4) is 0 Å². The van der Waals surface area contributed by atoms with E-state index >= 15 is 0 Å². The molecular weight excluding hydrogens is 108 g/mol. The molecule has 0 nitrogen and oxygen atoms in total. The lowest BCUT2D eigenvalue weighted by molar-refractivity contribution is 0.411. The van der Waals surface area contributed by atoms with E-state index in [1.165, 1.54) is 6.42 Å². The molecule has 48 valence electrons. The van der Waals surface area contributed by atoms with E-state index < -0.39 is 0 Å². The van der Waals surface area contributed by atoms with Gasteiger partial charge in [-0.15, -0.1) is 0 Å². The second-order valence-corrected chi connectivity index (χ2v) is 4.16. The smallest absolute Gasteiger partial charge is 0.0109 e. The maximum Gasteiger partial charge on any atom is -0.0109 e. The third-order valence-corrected chi connectivity index (χ3v) is 3.95. The molecule has 9 heavy (non-hydrogen) atoms. The van der Waals surface area contributed by atoms with E-state index in [9.17, 15) is 0 Å². The monoisotopic (exact) mass is 120 g/mol. The average Bonchev–Trinajstić information content (AvgIpc) is 2.57. The number of hydrogen-bond acceptors (Lipinski definition) is 0. The fourth-order valence-electron chi connectivity index (χ4n) is 3.19. The second-order valence-electron chi connectivity index (χ2n) is 4.16. The summed E-state index contributed by atoms with van der Waals surface area (Å²) in [4.78, 5) is 0. The molecule has 0 aromatic rings. The summed E-state index contributed by atoms with van der Waals surface area (Å²) in [6.45, 7) is 4.77. The highest BCUT2D eigenvalue weighted by Gasteiger charge is 2.83. The molecule has 0 aromatic carbocycles. The normalized spacial score (nSPS) is 66.4. The molecule has 4 aliphatic rings. The molecule has 4 aliphatic carbocycles. The van der Waals surface area contributed by atoms with E-state index in [4.69, 9.17) is 0 Å². The van der Waals surface area contributed by atoms with Crippen LogP contribution in [0.3, 0.4) is 0 Å². The van der Waals surface area contributed by atoms with Crippen molar-refractivity contribution < 1.29 is 0 Å². The predicted octanol–water partition coefficient (Wildman–Crippen LogP) is 2.22. The Labute approximate surface area is 56.0 Å². The summed E-state index contributed by atoms with van der Waals surface area (Å²) < 4.78 is 0. The Morgan fingerprint density at radius 3 is 2.67 bits per heavy atom. The molecule has 2 saturated carbocycles. The summed E-state index contributed by atoms with van der Waals surface area (Å²) >= 11 is 0. The largest absolute Gasteiger partial charge is 0.0850 e. The number of rotatable bonds is 0. The van der Waals surface area contributed by atoms with E-state index in [0.717, 1.165) is 23.2 Å². The molecule has 0 aromatic heterocycles. The standard InChI is InChI=1S/C9H12/c1-5-3-4-6-8-7(5)9(6,8)2/h3,6-8H,4H2,1-2H3/t6-,7+,8?,9+/m0/s1. The van der Waals surface area contributed by atoms with Crippen molar-refractivity contribution in [2.75, 3.05) is 0 Å². The molecular formula is C9H12. The lowest BCUT2D eigenvalue weighted by atomic mass is 9.84. The first-order valence-corrected chi connectivity index (χ1v) is 3.93. The predicted molar refractivity (Wildman–Crippen MR) is 37.0 cm³/mol. The molecule has 0 N–H and O–H groups in total. The average molecular weight is 120 g/mol. The minimum Gasteiger partial charge on any atom is -0.0850 e. The van der Waals surface area contributed by atoms with E-state index in [2.05, 4.69) is 19.9 Å². The van der Waals surface area contributed by atoms with Crippen molar-refractivity contribution in [2.24, 2.45) is 23.2 Å². The zero-order chi connectivity index (χ0) is 6.22. The van der Waals surface area contributed by atoms with Crippen LogP contribution in [0.25, 0.3) is 0 Å². The summed E-state index contributed by atoms with van der Waals surface area (Å²) in [5, 5.41) is 0. The number of hydrogen-bond donors (Lipinski definition) is 0. The maximum atomic E-state index is 2.46. The lowest BCUT2D eigenvalue weighted by Gasteiger charge is -2.21. The van der Waals surface area contributed by atoms with Gasteiger partial charge in [0, 0.05) is 0 Å². The van der Waals surface area contributed by atoms with Gasteiger partial charge in [-0.2, -0.15) is 0 Å². The molecule has 0 aliphatic heterocycles. The van der Waals surface area contributed by atoms with Crippen molar-refractivity contribution >= 4 is 0 Å². The Morgan fingerprint density at radius 1 is 1.67 bits per heavy atom. The van der Waals surface area contributed by atoms with E-state index in [-0.39, 0.29) is 0 Å². The highest BCUT2D eigenvalue weighted by molar-refractivity contribution is 5.42. The van der Waals surface area contributed by atoms with E-state index in [1.807, 2.05) is 0 Å². The molecule has 0 radical (unpaired) electrons. The first-order valence-electron chi connectivity index (χ1n) is 3.93. The Morgan fingerprint density at radius 2 is 2.33 bits per heavy atom. The van der Waals surface area contributed by atoms with Crippen LogP contribution >= 0.6 is 0 Å². The van der Waals surface area contributed by atoms with Crippen molar-refractivity contribution in [1.82, 2.24) is 0 Å². The Hall–Kier alpha value is -0.260. The zero-order valence-electron chi connectivity index (χ0n) is 6.02. The van der Waals surface area contributed by atoms with Gasteiger partial charge in [-0.3, -0.25) is 0 Å². The summed E-state index contributed by atoms with van der Waals surface area (Å²) in [5.74, 6) is 3.30. The SMILES string of the molecule is CC1=CC[C@H]2C3[C@@H]1[C@]32C. The van der Waals surface area contributed by atoms with Crippen LogP contribution in [0.15, 0.2) is 11.6 Å². The van der Waals surface area contributed by atoms with Gasteiger partial charge in [-0.1, -0.05) is 18.6 Å². The van der Waals surface area contributed by atoms with Crippen LogP contribution in [0.2, 0.25) is 0 Å². The van der Waals surface area contributed by atoms with Crippen LogP contribution in [0.1, 0.15) is 20.3 Å². The van der Waals surface area contributed by atoms with Crippen LogP contribution in [0.5, 0.6) is 0 Å². The van der Waals surface area contributed by atoms with E-state index in [0.29, 0.717) is 0 Å². The molecule has 0 heterocycles. The zero-order valence-corrected chi connectivity index (χ0v) is 6.02. The van der Waals surface area contributed by atoms with Gasteiger partial charge in [0.15, 0.2) is 0 Å².